The summed E-state index contributed by atoms with van der Waals surface area (Å²) in [4.78, 5) is 14.1. The molecular weight excluding hydrogens is 336 g/mol. The Labute approximate surface area is 165 Å². The summed E-state index contributed by atoms with van der Waals surface area (Å²) < 4.78 is 0. The highest BCUT2D eigenvalue weighted by Crippen LogP contribution is 2.28. The van der Waals surface area contributed by atoms with Crippen LogP contribution in [0.4, 0.5) is 5.82 Å². The molecular formula is C22H36N4O. The van der Waals surface area contributed by atoms with Crippen LogP contribution >= 0.6 is 0 Å². The van der Waals surface area contributed by atoms with Crippen LogP contribution in [0.25, 0.3) is 16.8 Å². The van der Waals surface area contributed by atoms with E-state index in [1.807, 2.05) is 27.8 Å². The molecule has 2 N–H and O–H groups in total. The van der Waals surface area contributed by atoms with Crippen molar-refractivity contribution in [3.8, 4) is 11.3 Å². The Kier molecular flexibility index (Phi) is 11.2. The number of nitrogens with one attached hydrogen (secondary N) is 1. The van der Waals surface area contributed by atoms with Gasteiger partial charge in [0.1, 0.15) is 5.69 Å². The van der Waals surface area contributed by atoms with Crippen molar-refractivity contribution >= 4 is 11.4 Å². The summed E-state index contributed by atoms with van der Waals surface area (Å²) in [6, 6.07) is 4.16. The molecule has 2 heterocycles. The van der Waals surface area contributed by atoms with Crippen molar-refractivity contribution in [1.82, 2.24) is 15.0 Å². The summed E-state index contributed by atoms with van der Waals surface area (Å²) in [5.41, 5.74) is 6.55. The monoisotopic (exact) mass is 372 g/mol. The number of aliphatic hydroxyl groups excluding tert-OH is 1. The highest BCUT2D eigenvalue weighted by molar-refractivity contribution is 5.73. The highest BCUT2D eigenvalue weighted by Gasteiger charge is 2.15. The van der Waals surface area contributed by atoms with Crippen molar-refractivity contribution in [2.45, 2.75) is 60.8 Å². The molecule has 2 aromatic rings. The molecule has 0 aliphatic rings. The van der Waals surface area contributed by atoms with E-state index >= 15 is 0 Å². The summed E-state index contributed by atoms with van der Waals surface area (Å²) in [5, 5.41) is 10.1. The van der Waals surface area contributed by atoms with Crippen molar-refractivity contribution in [3.05, 3.63) is 41.5 Å². The zero-order valence-corrected chi connectivity index (χ0v) is 18.4. The van der Waals surface area contributed by atoms with Gasteiger partial charge in [0, 0.05) is 31.1 Å². The van der Waals surface area contributed by atoms with Gasteiger partial charge in [0.05, 0.1) is 11.4 Å². The van der Waals surface area contributed by atoms with Crippen LogP contribution < -0.4 is 5.32 Å². The molecule has 0 saturated carbocycles. The maximum Gasteiger partial charge on any atom is 0.152 e. The maximum absolute atomic E-state index is 7.00. The van der Waals surface area contributed by atoms with Crippen LogP contribution in [0.3, 0.4) is 0 Å². The van der Waals surface area contributed by atoms with Gasteiger partial charge in [-0.05, 0) is 44.4 Å². The predicted molar refractivity (Wildman–Crippen MR) is 117 cm³/mol. The molecule has 2 rings (SSSR count). The van der Waals surface area contributed by atoms with Crippen LogP contribution in [0.5, 0.6) is 0 Å². The summed E-state index contributed by atoms with van der Waals surface area (Å²) in [6.07, 6.45) is 1.25. The summed E-state index contributed by atoms with van der Waals surface area (Å²) in [5.74, 6) is 1.18. The van der Waals surface area contributed by atoms with E-state index in [2.05, 4.69) is 56.7 Å². The fraction of sp³-hybridized carbons (Fsp3) is 0.500. The predicted octanol–water partition coefficient (Wildman–Crippen LogP) is 5.38. The summed E-state index contributed by atoms with van der Waals surface area (Å²) in [6.45, 7) is 18.5. The third-order valence-electron chi connectivity index (χ3n) is 3.67. The molecule has 0 atom stereocenters. The zero-order valence-electron chi connectivity index (χ0n) is 18.4. The summed E-state index contributed by atoms with van der Waals surface area (Å²) >= 11 is 0. The number of anilines is 1. The fourth-order valence-corrected chi connectivity index (χ4v) is 2.40. The lowest BCUT2D eigenvalue weighted by Crippen LogP contribution is -2.06. The fourth-order valence-electron chi connectivity index (χ4n) is 2.40. The first-order valence-electron chi connectivity index (χ1n) is 9.41. The van der Waals surface area contributed by atoms with E-state index in [-0.39, 0.29) is 0 Å². The van der Waals surface area contributed by atoms with E-state index in [1.165, 1.54) is 6.42 Å². The van der Waals surface area contributed by atoms with Crippen molar-refractivity contribution < 1.29 is 5.11 Å². The second kappa shape index (κ2) is 12.2. The molecule has 0 aromatic carbocycles. The minimum atomic E-state index is 0.414. The first kappa shape index (κ1) is 24.7. The molecule has 5 heteroatoms. The Balaban J connectivity index is 0.00000123. The van der Waals surface area contributed by atoms with Gasteiger partial charge in [-0.2, -0.15) is 0 Å². The van der Waals surface area contributed by atoms with Crippen LogP contribution in [-0.2, 0) is 0 Å². The Morgan fingerprint density at radius 2 is 1.63 bits per heavy atom. The third-order valence-corrected chi connectivity index (χ3v) is 3.67. The van der Waals surface area contributed by atoms with Crippen LogP contribution in [0, 0.1) is 13.8 Å². The number of aryl methyl sites for hydroxylation is 2. The van der Waals surface area contributed by atoms with E-state index < -0.39 is 0 Å². The Morgan fingerprint density at radius 3 is 2.04 bits per heavy atom. The largest absolute Gasteiger partial charge is 0.400 e. The van der Waals surface area contributed by atoms with Crippen molar-refractivity contribution in [3.63, 3.8) is 0 Å². The third kappa shape index (κ3) is 6.75. The molecule has 27 heavy (non-hydrogen) atoms. The van der Waals surface area contributed by atoms with Crippen molar-refractivity contribution in [1.29, 1.82) is 0 Å². The molecule has 150 valence electrons. The second-order valence-corrected chi connectivity index (χ2v) is 6.62. The van der Waals surface area contributed by atoms with Crippen LogP contribution in [0.1, 0.15) is 69.7 Å². The minimum Gasteiger partial charge on any atom is -0.400 e. The molecule has 0 bridgehead atoms. The molecule has 0 unspecified atom stereocenters. The Hall–Kier alpha value is -2.27. The molecule has 5 nitrogen and oxygen atoms in total. The van der Waals surface area contributed by atoms with Gasteiger partial charge in [-0.1, -0.05) is 40.7 Å². The number of allylic oxidation sites excluding steroid dienone is 1. The molecule has 0 aliphatic heterocycles. The zero-order chi connectivity index (χ0) is 21.1. The Morgan fingerprint density at radius 1 is 1.07 bits per heavy atom. The van der Waals surface area contributed by atoms with Gasteiger partial charge in [-0.25, -0.2) is 9.97 Å². The lowest BCUT2D eigenvalue weighted by Gasteiger charge is -2.14. The Bertz CT molecular complexity index is 739. The first-order valence-corrected chi connectivity index (χ1v) is 9.41. The lowest BCUT2D eigenvalue weighted by atomic mass is 10.0. The maximum atomic E-state index is 7.00. The average Bonchev–Trinajstić information content (AvgIpc) is 2.63. The first-order chi connectivity index (χ1) is 12.8. The molecule has 0 radical (unpaired) electrons. The topological polar surface area (TPSA) is 70.9 Å². The van der Waals surface area contributed by atoms with E-state index in [0.717, 1.165) is 52.5 Å². The van der Waals surface area contributed by atoms with Crippen molar-refractivity contribution in [2.75, 3.05) is 19.5 Å². The van der Waals surface area contributed by atoms with E-state index in [9.17, 15) is 0 Å². The molecule has 0 aliphatic carbocycles. The number of nitrogens with zero attached hydrogens (tertiary/aromatic N) is 3. The van der Waals surface area contributed by atoms with Crippen LogP contribution in [0.2, 0.25) is 0 Å². The van der Waals surface area contributed by atoms with Crippen molar-refractivity contribution in [2.24, 2.45) is 0 Å². The van der Waals surface area contributed by atoms with Gasteiger partial charge in [0.15, 0.2) is 5.82 Å². The van der Waals surface area contributed by atoms with Gasteiger partial charge in [-0.15, -0.1) is 0 Å². The minimum absolute atomic E-state index is 0.414. The van der Waals surface area contributed by atoms with Gasteiger partial charge in [0.2, 0.25) is 0 Å². The molecule has 0 fully saturated rings. The number of pyridine rings is 1. The second-order valence-electron chi connectivity index (χ2n) is 6.62. The number of aromatic nitrogens is 3. The van der Waals surface area contributed by atoms with E-state index in [4.69, 9.17) is 15.1 Å². The molecule has 0 spiro atoms. The quantitative estimate of drug-likeness (QED) is 0.754. The van der Waals surface area contributed by atoms with Gasteiger partial charge in [-0.3, -0.25) is 4.98 Å². The van der Waals surface area contributed by atoms with Gasteiger partial charge >= 0.3 is 0 Å². The van der Waals surface area contributed by atoms with Crippen LogP contribution in [-0.4, -0.2) is 34.2 Å². The number of rotatable bonds is 4. The van der Waals surface area contributed by atoms with Gasteiger partial charge in [0.25, 0.3) is 0 Å². The summed E-state index contributed by atoms with van der Waals surface area (Å²) in [7, 11) is 2.85. The molecule has 0 saturated heterocycles. The number of hydrogen-bond acceptors (Lipinski definition) is 5. The number of hydrogen-bond donors (Lipinski definition) is 2. The van der Waals surface area contributed by atoms with E-state index in [0.29, 0.717) is 5.92 Å². The standard InChI is InChI=1S/C18H24N4.C3H8.CH4O/c1-10(2)15-9-8-14(12(5)20-15)17-13(6)21-18(19-7)16(22-17)11(3)4;1-3-2;1-2/h8-10H,3H2,1-2,4-7H3,(H,19,21);3H2,1-2H3;2H,1H3. The molecule has 0 amide bonds. The normalized spacial score (nSPS) is 9.74. The lowest BCUT2D eigenvalue weighted by molar-refractivity contribution is 0.399. The van der Waals surface area contributed by atoms with Crippen LogP contribution in [0.15, 0.2) is 18.7 Å². The molecule has 2 aromatic heterocycles. The SMILES string of the molecule is C=C(C)c1nc(-c2ccc(C(C)C)nc2C)c(C)nc1NC.CCC.CO. The smallest absolute Gasteiger partial charge is 0.152 e. The number of aliphatic hydroxyl groups is 1. The van der Waals surface area contributed by atoms with Gasteiger partial charge < -0.3 is 10.4 Å². The average molecular weight is 373 g/mol. The highest BCUT2D eigenvalue weighted by atomic mass is 16.2. The van der Waals surface area contributed by atoms with E-state index in [1.54, 1.807) is 0 Å².